The van der Waals surface area contributed by atoms with Crippen molar-refractivity contribution in [2.24, 2.45) is 0 Å². The van der Waals surface area contributed by atoms with E-state index in [2.05, 4.69) is 0 Å². The lowest BCUT2D eigenvalue weighted by Gasteiger charge is -2.34. The first-order chi connectivity index (χ1) is 13.1. The van der Waals surface area contributed by atoms with Crippen LogP contribution in [0.2, 0.25) is 0 Å². The van der Waals surface area contributed by atoms with Crippen molar-refractivity contribution in [3.8, 4) is 0 Å². The Kier molecular flexibility index (Phi) is 4.50. The van der Waals surface area contributed by atoms with Gasteiger partial charge < -0.3 is 18.8 Å². The zero-order valence-electron chi connectivity index (χ0n) is 14.7. The number of hydrogen-bond acceptors (Lipinski definition) is 4. The predicted octanol–water partition coefficient (Wildman–Crippen LogP) is 1.58. The molecule has 7 heteroatoms. The van der Waals surface area contributed by atoms with Gasteiger partial charge in [0.1, 0.15) is 12.1 Å². The number of pyridine rings is 1. The summed E-state index contributed by atoms with van der Waals surface area (Å²) >= 11 is 0. The lowest BCUT2D eigenvalue weighted by Crippen LogP contribution is -2.51. The van der Waals surface area contributed by atoms with Gasteiger partial charge in [-0.2, -0.15) is 0 Å². The number of furan rings is 1. The fraction of sp³-hybridized carbons (Fsp3) is 0.250. The fourth-order valence-electron chi connectivity index (χ4n) is 3.24. The molecule has 0 unspecified atom stereocenters. The minimum absolute atomic E-state index is 0.0111. The normalized spacial score (nSPS) is 14.5. The molecule has 1 saturated heterocycles. The van der Waals surface area contributed by atoms with Gasteiger partial charge in [0.2, 0.25) is 5.91 Å². The Morgan fingerprint density at radius 1 is 0.926 bits per heavy atom. The van der Waals surface area contributed by atoms with Crippen LogP contribution in [-0.4, -0.2) is 52.4 Å². The van der Waals surface area contributed by atoms with Crippen LogP contribution in [0.5, 0.6) is 0 Å². The van der Waals surface area contributed by atoms with Gasteiger partial charge in [-0.15, -0.1) is 0 Å². The second-order valence-corrected chi connectivity index (χ2v) is 6.49. The van der Waals surface area contributed by atoms with E-state index in [9.17, 15) is 14.4 Å². The Balaban J connectivity index is 1.38. The third-order valence-corrected chi connectivity index (χ3v) is 4.76. The first-order valence-corrected chi connectivity index (χ1v) is 8.83. The monoisotopic (exact) mass is 365 g/mol. The highest BCUT2D eigenvalue weighted by Crippen LogP contribution is 2.20. The van der Waals surface area contributed by atoms with Crippen LogP contribution in [0.1, 0.15) is 10.6 Å². The van der Waals surface area contributed by atoms with Gasteiger partial charge in [-0.25, -0.2) is 0 Å². The number of amides is 2. The van der Waals surface area contributed by atoms with Crippen LogP contribution in [0.3, 0.4) is 0 Å². The van der Waals surface area contributed by atoms with E-state index in [-0.39, 0.29) is 23.9 Å². The Bertz CT molecular complexity index is 1010. The van der Waals surface area contributed by atoms with Gasteiger partial charge in [0.05, 0.1) is 0 Å². The number of carbonyl (C=O) groups excluding carboxylic acids is 2. The number of rotatable bonds is 3. The quantitative estimate of drug-likeness (QED) is 0.706. The van der Waals surface area contributed by atoms with Crippen molar-refractivity contribution in [1.29, 1.82) is 0 Å². The molecule has 0 aliphatic carbocycles. The smallest absolute Gasteiger partial charge is 0.289 e. The summed E-state index contributed by atoms with van der Waals surface area (Å²) in [5, 5.41) is 0.892. The highest BCUT2D eigenvalue weighted by atomic mass is 16.3. The van der Waals surface area contributed by atoms with Gasteiger partial charge in [0.25, 0.3) is 11.5 Å². The summed E-state index contributed by atoms with van der Waals surface area (Å²) in [4.78, 5) is 40.2. The first kappa shape index (κ1) is 17.1. The molecule has 138 valence electrons. The zero-order chi connectivity index (χ0) is 18.8. The minimum Gasteiger partial charge on any atom is -0.451 e. The molecule has 3 aromatic rings. The average molecular weight is 365 g/mol. The molecule has 7 nitrogen and oxygen atoms in total. The molecule has 3 heterocycles. The highest BCUT2D eigenvalue weighted by molar-refractivity contribution is 5.96. The molecule has 2 amide bonds. The Hall–Kier alpha value is -3.35. The van der Waals surface area contributed by atoms with Gasteiger partial charge in [-0.05, 0) is 18.2 Å². The number of carbonyl (C=O) groups is 2. The number of nitrogens with zero attached hydrogens (tertiary/aromatic N) is 3. The number of para-hydroxylation sites is 1. The number of fused-ring (bicyclic) bond motifs is 1. The second-order valence-electron chi connectivity index (χ2n) is 6.49. The van der Waals surface area contributed by atoms with Gasteiger partial charge >= 0.3 is 0 Å². The molecule has 0 atom stereocenters. The Morgan fingerprint density at radius 3 is 2.37 bits per heavy atom. The summed E-state index contributed by atoms with van der Waals surface area (Å²) < 4.78 is 7.02. The summed E-state index contributed by atoms with van der Waals surface area (Å²) in [6.07, 6.45) is 1.60. The molecule has 0 bridgehead atoms. The van der Waals surface area contributed by atoms with Crippen molar-refractivity contribution in [2.75, 3.05) is 26.2 Å². The topological polar surface area (TPSA) is 75.8 Å². The summed E-state index contributed by atoms with van der Waals surface area (Å²) in [5.41, 5.74) is 0.479. The van der Waals surface area contributed by atoms with Crippen LogP contribution in [0, 0.1) is 0 Å². The number of hydrogen-bond donors (Lipinski definition) is 0. The molecule has 0 N–H and O–H groups in total. The van der Waals surface area contributed by atoms with Crippen LogP contribution in [0.25, 0.3) is 11.0 Å². The van der Waals surface area contributed by atoms with E-state index in [1.165, 1.54) is 10.6 Å². The van der Waals surface area contributed by atoms with Crippen LogP contribution in [0.15, 0.2) is 63.9 Å². The van der Waals surface area contributed by atoms with Crippen molar-refractivity contribution in [3.05, 3.63) is 70.8 Å². The fourth-order valence-corrected chi connectivity index (χ4v) is 3.24. The number of aromatic nitrogens is 1. The summed E-state index contributed by atoms with van der Waals surface area (Å²) in [7, 11) is 0. The predicted molar refractivity (Wildman–Crippen MR) is 99.4 cm³/mol. The van der Waals surface area contributed by atoms with Gasteiger partial charge in [-0.3, -0.25) is 14.4 Å². The maximum absolute atomic E-state index is 12.7. The standard InChI is InChI=1S/C20H19N3O4/c24-18-7-3-4-8-23(18)14-19(25)21-9-11-22(12-10-21)20(26)17-13-15-5-1-2-6-16(15)27-17/h1-8,13H,9-12,14H2. The van der Waals surface area contributed by atoms with Crippen LogP contribution >= 0.6 is 0 Å². The van der Waals surface area contributed by atoms with Gasteiger partial charge in [-0.1, -0.05) is 24.3 Å². The van der Waals surface area contributed by atoms with Crippen molar-refractivity contribution in [1.82, 2.24) is 14.4 Å². The molecule has 2 aromatic heterocycles. The highest BCUT2D eigenvalue weighted by Gasteiger charge is 2.26. The van der Waals surface area contributed by atoms with Crippen LogP contribution < -0.4 is 5.56 Å². The summed E-state index contributed by atoms with van der Waals surface area (Å²) in [5.74, 6) is 0.0172. The molecular weight excluding hydrogens is 346 g/mol. The van der Waals surface area contributed by atoms with Crippen LogP contribution in [0.4, 0.5) is 0 Å². The van der Waals surface area contributed by atoms with Crippen molar-refractivity contribution in [2.45, 2.75) is 6.54 Å². The van der Waals surface area contributed by atoms with Crippen molar-refractivity contribution >= 4 is 22.8 Å². The molecule has 1 aliphatic heterocycles. The zero-order valence-corrected chi connectivity index (χ0v) is 14.7. The first-order valence-electron chi connectivity index (χ1n) is 8.83. The molecule has 1 aromatic carbocycles. The molecule has 0 radical (unpaired) electrons. The maximum atomic E-state index is 12.7. The maximum Gasteiger partial charge on any atom is 0.289 e. The lowest BCUT2D eigenvalue weighted by atomic mass is 10.2. The summed E-state index contributed by atoms with van der Waals surface area (Å²) in [6, 6.07) is 14.0. The SMILES string of the molecule is O=C(Cn1ccccc1=O)N1CCN(C(=O)c2cc3ccccc3o2)CC1. The molecule has 1 aliphatic rings. The third-order valence-electron chi connectivity index (χ3n) is 4.76. The van der Waals surface area contributed by atoms with Crippen LogP contribution in [-0.2, 0) is 11.3 Å². The van der Waals surface area contributed by atoms with Gasteiger partial charge in [0, 0.05) is 43.8 Å². The lowest BCUT2D eigenvalue weighted by molar-refractivity contribution is -0.133. The number of benzene rings is 1. The largest absolute Gasteiger partial charge is 0.451 e. The molecule has 0 spiro atoms. The van der Waals surface area contributed by atoms with E-state index in [4.69, 9.17) is 4.42 Å². The average Bonchev–Trinajstić information content (AvgIpc) is 3.13. The minimum atomic E-state index is -0.204. The van der Waals surface area contributed by atoms with E-state index < -0.39 is 0 Å². The molecular formula is C20H19N3O4. The third kappa shape index (κ3) is 3.48. The number of piperazine rings is 1. The second kappa shape index (κ2) is 7.11. The van der Waals surface area contributed by atoms with E-state index in [1.54, 1.807) is 34.2 Å². The summed E-state index contributed by atoms with van der Waals surface area (Å²) in [6.45, 7) is 1.76. The Morgan fingerprint density at radius 2 is 1.63 bits per heavy atom. The van der Waals surface area contributed by atoms with Gasteiger partial charge in [0.15, 0.2) is 5.76 Å². The molecule has 1 fully saturated rings. The molecule has 27 heavy (non-hydrogen) atoms. The Labute approximate surface area is 155 Å². The van der Waals surface area contributed by atoms with Crippen molar-refractivity contribution < 1.29 is 14.0 Å². The molecule has 4 rings (SSSR count). The van der Waals surface area contributed by atoms with E-state index in [0.717, 1.165) is 5.39 Å². The van der Waals surface area contributed by atoms with E-state index >= 15 is 0 Å². The molecule has 0 saturated carbocycles. The van der Waals surface area contributed by atoms with E-state index in [1.807, 2.05) is 24.3 Å². The van der Waals surface area contributed by atoms with E-state index in [0.29, 0.717) is 37.5 Å². The van der Waals surface area contributed by atoms with Crippen molar-refractivity contribution in [3.63, 3.8) is 0 Å².